The van der Waals surface area contributed by atoms with Gasteiger partial charge in [0.2, 0.25) is 0 Å². The molecular formula is C50H31N5O. The maximum atomic E-state index is 6.46. The summed E-state index contributed by atoms with van der Waals surface area (Å²) in [6.45, 7) is 0. The van der Waals surface area contributed by atoms with Crippen molar-refractivity contribution < 1.29 is 4.42 Å². The molecule has 0 N–H and O–H groups in total. The van der Waals surface area contributed by atoms with E-state index >= 15 is 0 Å². The highest BCUT2D eigenvalue weighted by Gasteiger charge is 2.23. The van der Waals surface area contributed by atoms with Crippen molar-refractivity contribution in [2.75, 3.05) is 0 Å². The number of hydrogen-bond acceptors (Lipinski definition) is 5. The minimum Gasteiger partial charge on any atom is -0.455 e. The van der Waals surface area contributed by atoms with Crippen LogP contribution < -0.4 is 0 Å². The second kappa shape index (κ2) is 13.0. The molecule has 56 heavy (non-hydrogen) atoms. The third-order valence-corrected chi connectivity index (χ3v) is 10.5. The van der Waals surface area contributed by atoms with Gasteiger partial charge in [0, 0.05) is 44.0 Å². The van der Waals surface area contributed by atoms with E-state index in [2.05, 4.69) is 120 Å². The number of benzene rings is 7. The van der Waals surface area contributed by atoms with Crippen LogP contribution in [0.4, 0.5) is 0 Å². The Balaban J connectivity index is 1.16. The molecular weight excluding hydrogens is 687 g/mol. The molecule has 0 spiro atoms. The molecule has 0 atom stereocenters. The largest absolute Gasteiger partial charge is 0.455 e. The first kappa shape index (κ1) is 31.8. The van der Waals surface area contributed by atoms with E-state index in [0.717, 1.165) is 88.4 Å². The molecule has 0 radical (unpaired) electrons. The zero-order chi connectivity index (χ0) is 37.0. The maximum absolute atomic E-state index is 6.46. The molecule has 0 aliphatic carbocycles. The topological polar surface area (TPSA) is 69.1 Å². The number of nitrogens with zero attached hydrogens (tertiary/aromatic N) is 5. The predicted molar refractivity (Wildman–Crippen MR) is 226 cm³/mol. The lowest BCUT2D eigenvalue weighted by Crippen LogP contribution is -2.01. The molecule has 11 rings (SSSR count). The monoisotopic (exact) mass is 717 g/mol. The van der Waals surface area contributed by atoms with Crippen molar-refractivity contribution in [2.45, 2.75) is 0 Å². The molecule has 0 fully saturated rings. The fraction of sp³-hybridized carbons (Fsp3) is 0. The Bertz CT molecular complexity index is 3240. The highest BCUT2D eigenvalue weighted by Crippen LogP contribution is 2.43. The first-order valence-corrected chi connectivity index (χ1v) is 18.6. The van der Waals surface area contributed by atoms with Gasteiger partial charge < -0.3 is 4.42 Å². The fourth-order valence-electron chi connectivity index (χ4n) is 7.98. The lowest BCUT2D eigenvalue weighted by atomic mass is 9.91. The lowest BCUT2D eigenvalue weighted by molar-refractivity contribution is 0.669. The molecule has 0 unspecified atom stereocenters. The zero-order valence-electron chi connectivity index (χ0n) is 30.0. The third kappa shape index (κ3) is 5.19. The molecule has 11 aromatic rings. The molecule has 6 heteroatoms. The number of furan rings is 1. The number of rotatable bonds is 6. The maximum Gasteiger partial charge on any atom is 0.167 e. The van der Waals surface area contributed by atoms with Crippen molar-refractivity contribution in [3.8, 4) is 67.7 Å². The summed E-state index contributed by atoms with van der Waals surface area (Å²) >= 11 is 0. The molecule has 4 aromatic heterocycles. The van der Waals surface area contributed by atoms with Gasteiger partial charge in [0.15, 0.2) is 17.5 Å². The standard InChI is InChI=1S/C50H31N5O/c1-4-16-32(17-5-1)42-31-51-55-45(33-18-6-2-7-19-33)44(38-25-10-11-26-39(38)46(42)55)35-22-14-23-36(30-35)49-52-48(34-20-8-3-9-21-34)53-50(54-49)41-28-15-27-40-37-24-12-13-29-43(37)56-47(40)41/h1-31H. The van der Waals surface area contributed by atoms with Crippen LogP contribution in [-0.4, -0.2) is 24.6 Å². The lowest BCUT2D eigenvalue weighted by Gasteiger charge is -2.18. The van der Waals surface area contributed by atoms with Crippen LogP contribution in [0.2, 0.25) is 0 Å². The van der Waals surface area contributed by atoms with Crippen LogP contribution in [0.15, 0.2) is 193 Å². The molecule has 4 heterocycles. The van der Waals surface area contributed by atoms with Gasteiger partial charge in [-0.15, -0.1) is 0 Å². The molecule has 6 nitrogen and oxygen atoms in total. The van der Waals surface area contributed by atoms with Gasteiger partial charge >= 0.3 is 0 Å². The van der Waals surface area contributed by atoms with Crippen molar-refractivity contribution in [3.63, 3.8) is 0 Å². The van der Waals surface area contributed by atoms with Crippen LogP contribution in [0.1, 0.15) is 0 Å². The first-order valence-electron chi connectivity index (χ1n) is 18.6. The van der Waals surface area contributed by atoms with Gasteiger partial charge in [-0.2, -0.15) is 5.10 Å². The number of aromatic nitrogens is 5. The van der Waals surface area contributed by atoms with Crippen molar-refractivity contribution in [1.29, 1.82) is 0 Å². The third-order valence-electron chi connectivity index (χ3n) is 10.5. The molecule has 0 aliphatic heterocycles. The van der Waals surface area contributed by atoms with Crippen molar-refractivity contribution in [3.05, 3.63) is 188 Å². The van der Waals surface area contributed by atoms with Gasteiger partial charge in [0.25, 0.3) is 0 Å². The van der Waals surface area contributed by atoms with Gasteiger partial charge in [-0.3, -0.25) is 0 Å². The fourth-order valence-corrected chi connectivity index (χ4v) is 7.98. The first-order chi connectivity index (χ1) is 27.8. The van der Waals surface area contributed by atoms with E-state index in [9.17, 15) is 0 Å². The zero-order valence-corrected chi connectivity index (χ0v) is 30.0. The second-order valence-corrected chi connectivity index (χ2v) is 13.9. The van der Waals surface area contributed by atoms with E-state index in [4.69, 9.17) is 24.5 Å². The summed E-state index contributed by atoms with van der Waals surface area (Å²) in [6, 6.07) is 62.5. The number of pyridine rings is 1. The Morgan fingerprint density at radius 1 is 0.393 bits per heavy atom. The number of para-hydroxylation sites is 2. The van der Waals surface area contributed by atoms with Gasteiger partial charge in [0.05, 0.1) is 23.0 Å². The quantitative estimate of drug-likeness (QED) is 0.171. The van der Waals surface area contributed by atoms with Crippen LogP contribution in [0.3, 0.4) is 0 Å². The molecule has 0 amide bonds. The van der Waals surface area contributed by atoms with E-state index in [0.29, 0.717) is 17.5 Å². The smallest absolute Gasteiger partial charge is 0.167 e. The predicted octanol–water partition coefficient (Wildman–Crippen LogP) is 12.6. The van der Waals surface area contributed by atoms with E-state index < -0.39 is 0 Å². The van der Waals surface area contributed by atoms with E-state index in [-0.39, 0.29) is 0 Å². The Morgan fingerprint density at radius 2 is 0.946 bits per heavy atom. The second-order valence-electron chi connectivity index (χ2n) is 13.9. The average molecular weight is 718 g/mol. The summed E-state index contributed by atoms with van der Waals surface area (Å²) in [5.74, 6) is 1.71. The Labute approximate surface area is 322 Å². The SMILES string of the molecule is c1ccc(-c2nc(-c3cccc(-c4c(-c5ccccc5)n5ncc(-c6ccccc6)c5c5ccccc45)c3)nc(-c3cccc4c3oc3ccccc34)n2)cc1. The van der Waals surface area contributed by atoms with Gasteiger partial charge in [-0.1, -0.05) is 164 Å². The Hall–Kier alpha value is -7.70. The minimum absolute atomic E-state index is 0.547. The summed E-state index contributed by atoms with van der Waals surface area (Å²) in [5.41, 5.74) is 11.6. The molecule has 7 aromatic carbocycles. The molecule has 262 valence electrons. The van der Waals surface area contributed by atoms with Crippen LogP contribution in [-0.2, 0) is 0 Å². The minimum atomic E-state index is 0.547. The Morgan fingerprint density at radius 3 is 1.71 bits per heavy atom. The molecule has 0 saturated carbocycles. The van der Waals surface area contributed by atoms with Crippen molar-refractivity contribution >= 4 is 38.2 Å². The van der Waals surface area contributed by atoms with E-state index in [1.807, 2.05) is 72.9 Å². The Kier molecular flexibility index (Phi) is 7.38. The van der Waals surface area contributed by atoms with Crippen LogP contribution >= 0.6 is 0 Å². The van der Waals surface area contributed by atoms with E-state index in [1.165, 1.54) is 0 Å². The summed E-state index contributed by atoms with van der Waals surface area (Å²) < 4.78 is 8.57. The van der Waals surface area contributed by atoms with Crippen molar-refractivity contribution in [1.82, 2.24) is 24.6 Å². The van der Waals surface area contributed by atoms with Gasteiger partial charge in [-0.25, -0.2) is 19.5 Å². The normalized spacial score (nSPS) is 11.6. The number of hydrogen-bond donors (Lipinski definition) is 0. The van der Waals surface area contributed by atoms with Crippen LogP contribution in [0.25, 0.3) is 106 Å². The highest BCUT2D eigenvalue weighted by molar-refractivity contribution is 6.13. The summed E-state index contributed by atoms with van der Waals surface area (Å²) in [6.07, 6.45) is 1.99. The van der Waals surface area contributed by atoms with Gasteiger partial charge in [0.1, 0.15) is 11.2 Å². The van der Waals surface area contributed by atoms with Crippen LogP contribution in [0, 0.1) is 0 Å². The average Bonchev–Trinajstić information content (AvgIpc) is 3.89. The number of fused-ring (bicyclic) bond motifs is 6. The molecule has 0 aliphatic rings. The van der Waals surface area contributed by atoms with Gasteiger partial charge in [-0.05, 0) is 34.7 Å². The summed E-state index contributed by atoms with van der Waals surface area (Å²) in [4.78, 5) is 15.4. The summed E-state index contributed by atoms with van der Waals surface area (Å²) in [5, 5.41) is 9.42. The van der Waals surface area contributed by atoms with Crippen molar-refractivity contribution in [2.24, 2.45) is 0 Å². The molecule has 0 bridgehead atoms. The van der Waals surface area contributed by atoms with Crippen LogP contribution in [0.5, 0.6) is 0 Å². The highest BCUT2D eigenvalue weighted by atomic mass is 16.3. The molecule has 0 saturated heterocycles. The van der Waals surface area contributed by atoms with E-state index in [1.54, 1.807) is 0 Å². The summed E-state index contributed by atoms with van der Waals surface area (Å²) in [7, 11) is 0.